The van der Waals surface area contributed by atoms with E-state index in [2.05, 4.69) is 61.5 Å². The van der Waals surface area contributed by atoms with Crippen LogP contribution in [0.15, 0.2) is 38.9 Å². The van der Waals surface area contributed by atoms with Crippen LogP contribution < -0.4 is 5.32 Å². The number of benzene rings is 1. The van der Waals surface area contributed by atoms with Gasteiger partial charge in [-0.05, 0) is 48.1 Å². The zero-order valence-corrected chi connectivity index (χ0v) is 12.3. The summed E-state index contributed by atoms with van der Waals surface area (Å²) in [7, 11) is 0. The summed E-state index contributed by atoms with van der Waals surface area (Å²) in [6.45, 7) is 0. The molecule has 0 saturated heterocycles. The Bertz CT molecular complexity index is 586. The number of nitrogens with one attached hydrogen (secondary N) is 1. The molecule has 0 amide bonds. The quantitative estimate of drug-likeness (QED) is 0.713. The molecule has 1 aromatic rings. The predicted molar refractivity (Wildman–Crippen MR) is 77.4 cm³/mol. The maximum atomic E-state index is 3.62. The second-order valence-electron chi connectivity index (χ2n) is 4.98. The van der Waals surface area contributed by atoms with Crippen LogP contribution in [-0.2, 0) is 6.42 Å². The Kier molecular flexibility index (Phi) is 2.13. The second kappa shape index (κ2) is 3.48. The Morgan fingerprint density at radius 3 is 3.00 bits per heavy atom. The van der Waals surface area contributed by atoms with Crippen molar-refractivity contribution in [1.82, 2.24) is 0 Å². The van der Waals surface area contributed by atoms with Gasteiger partial charge in [-0.3, -0.25) is 0 Å². The number of allylic oxidation sites excluding steroid dienone is 4. The van der Waals surface area contributed by atoms with E-state index in [0.717, 1.165) is 0 Å². The van der Waals surface area contributed by atoms with Gasteiger partial charge in [-0.1, -0.05) is 37.9 Å². The van der Waals surface area contributed by atoms with Gasteiger partial charge in [-0.25, -0.2) is 0 Å². The molecule has 0 saturated carbocycles. The highest BCUT2D eigenvalue weighted by Crippen LogP contribution is 2.53. The molecular formula is C14H11Br2N. The Balaban J connectivity index is 1.98. The maximum Gasteiger partial charge on any atom is 0.0435 e. The van der Waals surface area contributed by atoms with Gasteiger partial charge in [0.05, 0.1) is 0 Å². The topological polar surface area (TPSA) is 12.0 Å². The van der Waals surface area contributed by atoms with Crippen LogP contribution in [0.5, 0.6) is 0 Å². The molecule has 3 heteroatoms. The first-order valence-corrected chi connectivity index (χ1v) is 7.49. The summed E-state index contributed by atoms with van der Waals surface area (Å²) >= 11 is 7.22. The van der Waals surface area contributed by atoms with Crippen LogP contribution in [0.25, 0.3) is 0 Å². The van der Waals surface area contributed by atoms with Crippen molar-refractivity contribution in [1.29, 1.82) is 0 Å². The summed E-state index contributed by atoms with van der Waals surface area (Å²) in [4.78, 5) is 0. The van der Waals surface area contributed by atoms with Crippen molar-refractivity contribution in [2.45, 2.75) is 18.8 Å². The van der Waals surface area contributed by atoms with Gasteiger partial charge in [0.2, 0.25) is 0 Å². The molecule has 2 atom stereocenters. The summed E-state index contributed by atoms with van der Waals surface area (Å²) in [6.07, 6.45) is 7.04. The highest BCUT2D eigenvalue weighted by molar-refractivity contribution is 9.12. The van der Waals surface area contributed by atoms with E-state index >= 15 is 0 Å². The Hall–Kier alpha value is -0.540. The number of hydrogen-bond acceptors (Lipinski definition) is 1. The molecule has 0 fully saturated rings. The lowest BCUT2D eigenvalue weighted by Gasteiger charge is -2.31. The van der Waals surface area contributed by atoms with Gasteiger partial charge in [0.1, 0.15) is 0 Å². The van der Waals surface area contributed by atoms with Crippen molar-refractivity contribution in [3.63, 3.8) is 0 Å². The molecule has 3 aliphatic rings. The van der Waals surface area contributed by atoms with Crippen molar-refractivity contribution in [3.05, 3.63) is 50.1 Å². The maximum absolute atomic E-state index is 3.62. The fourth-order valence-electron chi connectivity index (χ4n) is 3.38. The molecule has 86 valence electrons. The van der Waals surface area contributed by atoms with Crippen molar-refractivity contribution >= 4 is 37.5 Å². The molecule has 2 unspecified atom stereocenters. The van der Waals surface area contributed by atoms with Crippen molar-refractivity contribution < 1.29 is 0 Å². The summed E-state index contributed by atoms with van der Waals surface area (Å²) < 4.78 is 2.40. The lowest BCUT2D eigenvalue weighted by Crippen LogP contribution is -2.20. The lowest BCUT2D eigenvalue weighted by molar-refractivity contribution is 0.494. The molecule has 17 heavy (non-hydrogen) atoms. The first kappa shape index (κ1) is 10.4. The number of aryl methyl sites for hydroxylation is 1. The van der Waals surface area contributed by atoms with E-state index in [1.54, 1.807) is 0 Å². The van der Waals surface area contributed by atoms with Gasteiger partial charge in [-0.15, -0.1) is 0 Å². The van der Waals surface area contributed by atoms with Crippen LogP contribution in [0.4, 0.5) is 5.69 Å². The SMILES string of the molecule is BrC1=CC2CCc3cc(Br)cc4c3C2C(=C1)N4. The van der Waals surface area contributed by atoms with Gasteiger partial charge in [0.15, 0.2) is 0 Å². The highest BCUT2D eigenvalue weighted by Gasteiger charge is 2.39. The number of anilines is 1. The molecule has 2 aliphatic carbocycles. The van der Waals surface area contributed by atoms with E-state index in [0.29, 0.717) is 11.8 Å². The first-order valence-electron chi connectivity index (χ1n) is 5.90. The lowest BCUT2D eigenvalue weighted by atomic mass is 9.73. The third kappa shape index (κ3) is 1.42. The average molecular weight is 353 g/mol. The van der Waals surface area contributed by atoms with Crippen LogP contribution in [0, 0.1) is 5.92 Å². The van der Waals surface area contributed by atoms with Crippen LogP contribution in [-0.4, -0.2) is 0 Å². The van der Waals surface area contributed by atoms with Gasteiger partial charge in [0, 0.05) is 26.3 Å². The molecule has 4 rings (SSSR count). The molecule has 1 heterocycles. The third-order valence-electron chi connectivity index (χ3n) is 4.00. The standard InChI is InChI=1S/C14H11Br2N/c15-9-3-7-1-2-8-4-10(16)6-12-14(8)13(7)11(5-9)17-12/h3-7,13,17H,1-2H2. The Labute approximate surface area is 117 Å². The zero-order chi connectivity index (χ0) is 11.6. The third-order valence-corrected chi connectivity index (χ3v) is 4.95. The summed E-state index contributed by atoms with van der Waals surface area (Å²) in [5, 5.41) is 3.58. The predicted octanol–water partition coefficient (Wildman–Crippen LogP) is 4.70. The minimum absolute atomic E-state index is 0.572. The number of rotatable bonds is 0. The monoisotopic (exact) mass is 351 g/mol. The van der Waals surface area contributed by atoms with Crippen LogP contribution in [0.2, 0.25) is 0 Å². The largest absolute Gasteiger partial charge is 0.358 e. The van der Waals surface area contributed by atoms with E-state index in [9.17, 15) is 0 Å². The van der Waals surface area contributed by atoms with Crippen molar-refractivity contribution in [2.75, 3.05) is 5.32 Å². The zero-order valence-electron chi connectivity index (χ0n) is 9.13. The van der Waals surface area contributed by atoms with Crippen molar-refractivity contribution in [3.8, 4) is 0 Å². The van der Waals surface area contributed by atoms with E-state index in [4.69, 9.17) is 0 Å². The Morgan fingerprint density at radius 1 is 1.24 bits per heavy atom. The van der Waals surface area contributed by atoms with E-state index < -0.39 is 0 Å². The molecular weight excluding hydrogens is 342 g/mol. The molecule has 0 spiro atoms. The molecule has 1 nitrogen and oxygen atoms in total. The number of hydrogen-bond donors (Lipinski definition) is 1. The molecule has 0 radical (unpaired) electrons. The first-order chi connectivity index (χ1) is 8.22. The highest BCUT2D eigenvalue weighted by atomic mass is 79.9. The normalized spacial score (nSPS) is 28.1. The van der Waals surface area contributed by atoms with E-state index in [1.165, 1.54) is 44.3 Å². The smallest absolute Gasteiger partial charge is 0.0435 e. The molecule has 0 bridgehead atoms. The van der Waals surface area contributed by atoms with Gasteiger partial charge in [-0.2, -0.15) is 0 Å². The van der Waals surface area contributed by atoms with E-state index in [-0.39, 0.29) is 0 Å². The Morgan fingerprint density at radius 2 is 2.12 bits per heavy atom. The van der Waals surface area contributed by atoms with Crippen LogP contribution in [0.1, 0.15) is 23.5 Å². The van der Waals surface area contributed by atoms with E-state index in [1.807, 2.05) is 0 Å². The average Bonchev–Trinajstić information content (AvgIpc) is 2.62. The minimum atomic E-state index is 0.572. The van der Waals surface area contributed by atoms with Gasteiger partial charge < -0.3 is 5.32 Å². The van der Waals surface area contributed by atoms with Gasteiger partial charge >= 0.3 is 0 Å². The fourth-order valence-corrected chi connectivity index (χ4v) is 4.47. The molecule has 1 aromatic carbocycles. The summed E-state index contributed by atoms with van der Waals surface area (Å²) in [5.74, 6) is 1.23. The summed E-state index contributed by atoms with van der Waals surface area (Å²) in [5.41, 5.74) is 5.70. The van der Waals surface area contributed by atoms with Gasteiger partial charge in [0.25, 0.3) is 0 Å². The van der Waals surface area contributed by atoms with Crippen molar-refractivity contribution in [2.24, 2.45) is 5.92 Å². The fraction of sp³-hybridized carbons (Fsp3) is 0.286. The van der Waals surface area contributed by atoms with Crippen LogP contribution in [0.3, 0.4) is 0 Å². The molecule has 1 aliphatic heterocycles. The molecule has 1 N–H and O–H groups in total. The number of halogens is 2. The molecule has 0 aromatic heterocycles. The minimum Gasteiger partial charge on any atom is -0.358 e. The summed E-state index contributed by atoms with van der Waals surface area (Å²) in [6, 6.07) is 4.49. The second-order valence-corrected chi connectivity index (χ2v) is 6.81. The van der Waals surface area contributed by atoms with Crippen LogP contribution >= 0.6 is 31.9 Å².